The minimum atomic E-state index is -0.133. The van der Waals surface area contributed by atoms with Crippen LogP contribution in [-0.4, -0.2) is 29.8 Å². The summed E-state index contributed by atoms with van der Waals surface area (Å²) in [6, 6.07) is 11.4. The summed E-state index contributed by atoms with van der Waals surface area (Å²) in [5.74, 6) is -0.171. The lowest BCUT2D eigenvalue weighted by Crippen LogP contribution is -2.35. The lowest BCUT2D eigenvalue weighted by molar-refractivity contribution is -0.121. The van der Waals surface area contributed by atoms with Gasteiger partial charge in [-0.15, -0.1) is 0 Å². The van der Waals surface area contributed by atoms with Gasteiger partial charge in [0.2, 0.25) is 5.91 Å². The molecule has 0 aliphatic carbocycles. The van der Waals surface area contributed by atoms with E-state index >= 15 is 0 Å². The smallest absolute Gasteiger partial charge is 0.257 e. The summed E-state index contributed by atoms with van der Waals surface area (Å²) in [5.41, 5.74) is 1.52. The first kappa shape index (κ1) is 16.8. The van der Waals surface area contributed by atoms with Crippen molar-refractivity contribution in [3.63, 3.8) is 0 Å². The number of amides is 2. The van der Waals surface area contributed by atoms with Gasteiger partial charge >= 0.3 is 0 Å². The molecule has 0 spiro atoms. The maximum absolute atomic E-state index is 12.6. The lowest BCUT2D eigenvalue weighted by Gasteiger charge is -2.22. The summed E-state index contributed by atoms with van der Waals surface area (Å²) in [7, 11) is 0. The van der Waals surface area contributed by atoms with E-state index in [0.717, 1.165) is 12.0 Å². The topological polar surface area (TPSA) is 62.6 Å². The van der Waals surface area contributed by atoms with Gasteiger partial charge in [-0.2, -0.15) is 0 Å². The molecule has 5 nitrogen and oxygen atoms in total. The first-order valence-electron chi connectivity index (χ1n) is 7.82. The highest BCUT2D eigenvalue weighted by Crippen LogP contribution is 2.11. The highest BCUT2D eigenvalue weighted by molar-refractivity contribution is 5.94. The van der Waals surface area contributed by atoms with Gasteiger partial charge in [-0.05, 0) is 18.1 Å². The number of hydrogen-bond acceptors (Lipinski definition) is 3. The quantitative estimate of drug-likeness (QED) is 0.815. The van der Waals surface area contributed by atoms with E-state index in [0.29, 0.717) is 25.2 Å². The third-order valence-corrected chi connectivity index (χ3v) is 3.45. The molecule has 1 aromatic carbocycles. The van der Waals surface area contributed by atoms with E-state index in [-0.39, 0.29) is 18.2 Å². The van der Waals surface area contributed by atoms with Crippen LogP contribution in [-0.2, 0) is 11.3 Å². The molecule has 0 saturated carbocycles. The van der Waals surface area contributed by atoms with Gasteiger partial charge in [-0.1, -0.05) is 37.3 Å². The second kappa shape index (κ2) is 8.78. The van der Waals surface area contributed by atoms with Gasteiger partial charge in [-0.25, -0.2) is 0 Å². The Labute approximate surface area is 136 Å². The first-order chi connectivity index (χ1) is 11.2. The maximum Gasteiger partial charge on any atom is 0.257 e. The van der Waals surface area contributed by atoms with Crippen LogP contribution in [0.2, 0.25) is 0 Å². The van der Waals surface area contributed by atoms with Crippen LogP contribution in [0.3, 0.4) is 0 Å². The minimum absolute atomic E-state index is 0.0371. The Morgan fingerprint density at radius 1 is 1.17 bits per heavy atom. The number of rotatable bonds is 8. The molecule has 1 heterocycles. The summed E-state index contributed by atoms with van der Waals surface area (Å²) >= 11 is 0. The van der Waals surface area contributed by atoms with E-state index in [4.69, 9.17) is 4.42 Å². The van der Waals surface area contributed by atoms with Crippen molar-refractivity contribution in [2.24, 2.45) is 0 Å². The second-order valence-electron chi connectivity index (χ2n) is 5.32. The molecule has 1 aromatic heterocycles. The molecule has 0 aliphatic heterocycles. The van der Waals surface area contributed by atoms with Crippen LogP contribution in [0.1, 0.15) is 35.7 Å². The molecule has 0 radical (unpaired) electrons. The number of hydrogen-bond donors (Lipinski definition) is 1. The molecular weight excluding hydrogens is 292 g/mol. The highest BCUT2D eigenvalue weighted by Gasteiger charge is 2.18. The van der Waals surface area contributed by atoms with Crippen molar-refractivity contribution in [3.8, 4) is 0 Å². The number of nitrogens with zero attached hydrogens (tertiary/aromatic N) is 1. The molecule has 2 amide bonds. The van der Waals surface area contributed by atoms with Crippen LogP contribution in [0.4, 0.5) is 0 Å². The monoisotopic (exact) mass is 314 g/mol. The Hall–Kier alpha value is -2.56. The van der Waals surface area contributed by atoms with Crippen molar-refractivity contribution in [2.45, 2.75) is 26.3 Å². The Bertz CT molecular complexity index is 608. The number of carbonyl (C=O) groups excluding carboxylic acids is 2. The summed E-state index contributed by atoms with van der Waals surface area (Å²) in [5, 5.41) is 2.83. The molecule has 1 N–H and O–H groups in total. The van der Waals surface area contributed by atoms with E-state index in [1.165, 1.54) is 12.5 Å². The summed E-state index contributed by atoms with van der Waals surface area (Å²) in [6.07, 6.45) is 4.09. The molecule has 0 atom stereocenters. The molecule has 0 aliphatic rings. The predicted molar refractivity (Wildman–Crippen MR) is 87.8 cm³/mol. The van der Waals surface area contributed by atoms with Gasteiger partial charge in [0.25, 0.3) is 5.91 Å². The van der Waals surface area contributed by atoms with E-state index < -0.39 is 0 Å². The van der Waals surface area contributed by atoms with Crippen molar-refractivity contribution in [2.75, 3.05) is 13.1 Å². The van der Waals surface area contributed by atoms with Gasteiger partial charge in [0.1, 0.15) is 6.26 Å². The largest absolute Gasteiger partial charge is 0.472 e. The van der Waals surface area contributed by atoms with Crippen LogP contribution in [0.25, 0.3) is 0 Å². The number of nitrogens with one attached hydrogen (secondary N) is 1. The fourth-order valence-corrected chi connectivity index (χ4v) is 2.21. The molecule has 0 bridgehead atoms. The number of furan rings is 1. The summed E-state index contributed by atoms with van der Waals surface area (Å²) in [6.45, 7) is 3.50. The van der Waals surface area contributed by atoms with E-state index in [1.807, 2.05) is 37.3 Å². The SMILES string of the molecule is CCCNC(=O)CCN(Cc1ccccc1)C(=O)c1ccoc1. The summed E-state index contributed by atoms with van der Waals surface area (Å²) in [4.78, 5) is 26.0. The van der Waals surface area contributed by atoms with Gasteiger partial charge < -0.3 is 14.6 Å². The van der Waals surface area contributed by atoms with Crippen molar-refractivity contribution >= 4 is 11.8 Å². The minimum Gasteiger partial charge on any atom is -0.472 e. The van der Waals surface area contributed by atoms with Gasteiger partial charge in [0.05, 0.1) is 11.8 Å². The molecule has 0 unspecified atom stereocenters. The van der Waals surface area contributed by atoms with E-state index in [2.05, 4.69) is 5.32 Å². The molecule has 0 saturated heterocycles. The average Bonchev–Trinajstić information content (AvgIpc) is 3.11. The van der Waals surface area contributed by atoms with Crippen molar-refractivity contribution in [1.82, 2.24) is 10.2 Å². The van der Waals surface area contributed by atoms with Crippen molar-refractivity contribution < 1.29 is 14.0 Å². The third-order valence-electron chi connectivity index (χ3n) is 3.45. The number of carbonyl (C=O) groups is 2. The third kappa shape index (κ3) is 5.29. The maximum atomic E-state index is 12.6. The van der Waals surface area contributed by atoms with E-state index in [1.54, 1.807) is 11.0 Å². The molecule has 0 fully saturated rings. The molecular formula is C18H22N2O3. The standard InChI is InChI=1S/C18H22N2O3/c1-2-10-19-17(21)8-11-20(13-15-6-4-3-5-7-15)18(22)16-9-12-23-14-16/h3-7,9,12,14H,2,8,10-11,13H2,1H3,(H,19,21). The molecule has 23 heavy (non-hydrogen) atoms. The van der Waals surface area contributed by atoms with E-state index in [9.17, 15) is 9.59 Å². The van der Waals surface area contributed by atoms with Crippen LogP contribution in [0.5, 0.6) is 0 Å². The molecule has 2 rings (SSSR count). The van der Waals surface area contributed by atoms with Crippen LogP contribution in [0.15, 0.2) is 53.3 Å². The first-order valence-corrected chi connectivity index (χ1v) is 7.82. The molecule has 2 aromatic rings. The highest BCUT2D eigenvalue weighted by atomic mass is 16.3. The van der Waals surface area contributed by atoms with Crippen LogP contribution >= 0.6 is 0 Å². The molecule has 5 heteroatoms. The normalized spacial score (nSPS) is 10.3. The zero-order valence-electron chi connectivity index (χ0n) is 13.3. The van der Waals surface area contributed by atoms with Crippen molar-refractivity contribution in [1.29, 1.82) is 0 Å². The van der Waals surface area contributed by atoms with Gasteiger partial charge in [0, 0.05) is 26.1 Å². The zero-order chi connectivity index (χ0) is 16.5. The number of benzene rings is 1. The van der Waals surface area contributed by atoms with Crippen LogP contribution < -0.4 is 5.32 Å². The fraction of sp³-hybridized carbons (Fsp3) is 0.333. The van der Waals surface area contributed by atoms with Crippen molar-refractivity contribution in [3.05, 3.63) is 60.1 Å². The Morgan fingerprint density at radius 3 is 2.61 bits per heavy atom. The van der Waals surface area contributed by atoms with Gasteiger partial charge in [0.15, 0.2) is 0 Å². The Kier molecular flexibility index (Phi) is 6.41. The Balaban J connectivity index is 2.02. The predicted octanol–water partition coefficient (Wildman–Crippen LogP) is 2.84. The van der Waals surface area contributed by atoms with Gasteiger partial charge in [-0.3, -0.25) is 9.59 Å². The summed E-state index contributed by atoms with van der Waals surface area (Å²) < 4.78 is 4.99. The fourth-order valence-electron chi connectivity index (χ4n) is 2.21. The molecule has 122 valence electrons. The lowest BCUT2D eigenvalue weighted by atomic mass is 10.2. The average molecular weight is 314 g/mol. The van der Waals surface area contributed by atoms with Crippen LogP contribution in [0, 0.1) is 0 Å². The second-order valence-corrected chi connectivity index (χ2v) is 5.32. The Morgan fingerprint density at radius 2 is 1.96 bits per heavy atom. The zero-order valence-corrected chi connectivity index (χ0v) is 13.3.